The number of aliphatic carboxylic acids is 1. The minimum absolute atomic E-state index is 0.0810. The van der Waals surface area contributed by atoms with E-state index in [0.717, 1.165) is 9.82 Å². The van der Waals surface area contributed by atoms with Gasteiger partial charge in [-0.1, -0.05) is 0 Å². The SMILES string of the molecule is CC(NC(=O)CCc1nc2cc(S(=O)(=O)N(C)C)ccc2n1C)C(=O)O. The van der Waals surface area contributed by atoms with Gasteiger partial charge in [-0.3, -0.25) is 9.59 Å². The van der Waals surface area contributed by atoms with Crippen LogP contribution in [0.1, 0.15) is 19.2 Å². The summed E-state index contributed by atoms with van der Waals surface area (Å²) in [6.45, 7) is 1.39. The monoisotopic (exact) mass is 382 g/mol. The molecule has 0 aliphatic carbocycles. The van der Waals surface area contributed by atoms with Crippen LogP contribution < -0.4 is 5.32 Å². The van der Waals surface area contributed by atoms with Crippen LogP contribution in [0.15, 0.2) is 23.1 Å². The highest BCUT2D eigenvalue weighted by molar-refractivity contribution is 7.89. The lowest BCUT2D eigenvalue weighted by molar-refractivity contribution is -0.141. The van der Waals surface area contributed by atoms with Crippen molar-refractivity contribution in [1.82, 2.24) is 19.2 Å². The van der Waals surface area contributed by atoms with Crippen molar-refractivity contribution >= 4 is 32.9 Å². The highest BCUT2D eigenvalue weighted by atomic mass is 32.2. The Bertz CT molecular complexity index is 949. The van der Waals surface area contributed by atoms with Gasteiger partial charge in [-0.2, -0.15) is 0 Å². The summed E-state index contributed by atoms with van der Waals surface area (Å²) < 4.78 is 27.4. The number of nitrogens with zero attached hydrogens (tertiary/aromatic N) is 3. The summed E-state index contributed by atoms with van der Waals surface area (Å²) in [5.74, 6) is -0.879. The van der Waals surface area contributed by atoms with Crippen LogP contribution in [0.3, 0.4) is 0 Å². The standard InChI is InChI=1S/C16H22N4O5S/c1-10(16(22)23)17-15(21)8-7-14-18-12-9-11(26(24,25)19(2)3)5-6-13(12)20(14)4/h5-6,9-10H,7-8H2,1-4H3,(H,17,21)(H,22,23). The first-order valence-corrected chi connectivity index (χ1v) is 9.38. The first-order valence-electron chi connectivity index (χ1n) is 7.94. The molecule has 26 heavy (non-hydrogen) atoms. The number of fused-ring (bicyclic) bond motifs is 1. The number of amides is 1. The van der Waals surface area contributed by atoms with E-state index in [1.165, 1.54) is 33.2 Å². The smallest absolute Gasteiger partial charge is 0.325 e. The molecule has 9 nitrogen and oxygen atoms in total. The van der Waals surface area contributed by atoms with Crippen molar-refractivity contribution in [1.29, 1.82) is 0 Å². The summed E-state index contributed by atoms with van der Waals surface area (Å²) in [5.41, 5.74) is 1.27. The van der Waals surface area contributed by atoms with E-state index in [2.05, 4.69) is 10.3 Å². The van der Waals surface area contributed by atoms with Crippen LogP contribution in [-0.4, -0.2) is 59.4 Å². The third-order valence-electron chi connectivity index (χ3n) is 4.05. The average molecular weight is 382 g/mol. The molecule has 0 aliphatic rings. The maximum absolute atomic E-state index is 12.2. The highest BCUT2D eigenvalue weighted by Crippen LogP contribution is 2.21. The fraction of sp³-hybridized carbons (Fsp3) is 0.438. The molecule has 0 saturated heterocycles. The Balaban J connectivity index is 2.21. The third-order valence-corrected chi connectivity index (χ3v) is 5.86. The van der Waals surface area contributed by atoms with Crippen molar-refractivity contribution in [3.8, 4) is 0 Å². The van der Waals surface area contributed by atoms with Crippen LogP contribution in [-0.2, 0) is 33.1 Å². The number of carboxylic acid groups (broad SMARTS) is 1. The highest BCUT2D eigenvalue weighted by Gasteiger charge is 2.19. The van der Waals surface area contributed by atoms with Gasteiger partial charge in [-0.15, -0.1) is 0 Å². The summed E-state index contributed by atoms with van der Waals surface area (Å²) in [5, 5.41) is 11.2. The maximum Gasteiger partial charge on any atom is 0.325 e. The quantitative estimate of drug-likeness (QED) is 0.712. The molecule has 0 aliphatic heterocycles. The van der Waals surface area contributed by atoms with Gasteiger partial charge in [-0.25, -0.2) is 17.7 Å². The molecule has 1 unspecified atom stereocenters. The van der Waals surface area contributed by atoms with Gasteiger partial charge < -0.3 is 15.0 Å². The first kappa shape index (κ1) is 19.9. The predicted molar refractivity (Wildman–Crippen MR) is 95.1 cm³/mol. The molecule has 2 N–H and O–H groups in total. The van der Waals surface area contributed by atoms with Crippen LogP contribution >= 0.6 is 0 Å². The van der Waals surface area contributed by atoms with Crippen LogP contribution in [0.25, 0.3) is 11.0 Å². The molecular formula is C16H22N4O5S. The number of sulfonamides is 1. The van der Waals surface area contributed by atoms with Gasteiger partial charge in [-0.05, 0) is 25.1 Å². The van der Waals surface area contributed by atoms with E-state index in [-0.39, 0.29) is 17.2 Å². The molecular weight excluding hydrogens is 360 g/mol. The summed E-state index contributed by atoms with van der Waals surface area (Å²) in [6.07, 6.45) is 0.386. The summed E-state index contributed by atoms with van der Waals surface area (Å²) >= 11 is 0. The lowest BCUT2D eigenvalue weighted by Crippen LogP contribution is -2.38. The van der Waals surface area contributed by atoms with E-state index in [9.17, 15) is 18.0 Å². The molecule has 1 heterocycles. The topological polar surface area (TPSA) is 122 Å². The average Bonchev–Trinajstić information content (AvgIpc) is 2.88. The number of benzene rings is 1. The van der Waals surface area contributed by atoms with Crippen molar-refractivity contribution in [2.75, 3.05) is 14.1 Å². The maximum atomic E-state index is 12.2. The molecule has 0 bridgehead atoms. The Morgan fingerprint density at radius 2 is 2.00 bits per heavy atom. The van der Waals surface area contributed by atoms with Crippen LogP contribution in [0.2, 0.25) is 0 Å². The Hall–Kier alpha value is -2.46. The van der Waals surface area contributed by atoms with Gasteiger partial charge in [0.15, 0.2) is 0 Å². The predicted octanol–water partition coefficient (Wildman–Crippen LogP) is 0.346. The number of rotatable bonds is 7. The minimum Gasteiger partial charge on any atom is -0.480 e. The van der Waals surface area contributed by atoms with Crippen molar-refractivity contribution in [3.05, 3.63) is 24.0 Å². The second kappa shape index (κ2) is 7.42. The largest absolute Gasteiger partial charge is 0.480 e. The molecule has 1 aromatic heterocycles. The molecule has 2 aromatic rings. The Kier molecular flexibility index (Phi) is 5.67. The molecule has 1 aromatic carbocycles. The number of nitrogens with one attached hydrogen (secondary N) is 1. The lowest BCUT2D eigenvalue weighted by atomic mass is 10.2. The summed E-state index contributed by atoms with van der Waals surface area (Å²) in [7, 11) is 1.14. The number of imidazole rings is 1. The lowest BCUT2D eigenvalue weighted by Gasteiger charge is -2.11. The van der Waals surface area contributed by atoms with Crippen LogP contribution in [0, 0.1) is 0 Å². The van der Waals surface area contributed by atoms with E-state index in [1.54, 1.807) is 17.7 Å². The van der Waals surface area contributed by atoms with Gasteiger partial charge in [0, 0.05) is 34.0 Å². The van der Waals surface area contributed by atoms with Gasteiger partial charge in [0.2, 0.25) is 15.9 Å². The number of carboxylic acids is 1. The fourth-order valence-corrected chi connectivity index (χ4v) is 3.35. The molecule has 0 fully saturated rings. The molecule has 1 atom stereocenters. The molecule has 1 amide bonds. The zero-order chi connectivity index (χ0) is 19.6. The van der Waals surface area contributed by atoms with Crippen LogP contribution in [0.5, 0.6) is 0 Å². The number of aryl methyl sites for hydroxylation is 2. The summed E-state index contributed by atoms with van der Waals surface area (Å²) in [6, 6.07) is 3.74. The minimum atomic E-state index is -3.55. The van der Waals surface area contributed by atoms with Gasteiger partial charge in [0.05, 0.1) is 15.9 Å². The van der Waals surface area contributed by atoms with E-state index in [1.807, 2.05) is 0 Å². The van der Waals surface area contributed by atoms with E-state index in [4.69, 9.17) is 5.11 Å². The van der Waals surface area contributed by atoms with Gasteiger partial charge in [0.1, 0.15) is 11.9 Å². The second-order valence-corrected chi connectivity index (χ2v) is 8.30. The Morgan fingerprint density at radius 3 is 2.58 bits per heavy atom. The number of carbonyl (C=O) groups is 2. The number of aromatic nitrogens is 2. The van der Waals surface area contributed by atoms with Gasteiger partial charge in [0.25, 0.3) is 0 Å². The first-order chi connectivity index (χ1) is 12.0. The van der Waals surface area contributed by atoms with E-state index >= 15 is 0 Å². The van der Waals surface area contributed by atoms with E-state index in [0.29, 0.717) is 17.8 Å². The molecule has 0 saturated carbocycles. The third kappa shape index (κ3) is 4.02. The Labute approximate surface area is 151 Å². The number of carbonyl (C=O) groups excluding carboxylic acids is 1. The second-order valence-electron chi connectivity index (χ2n) is 6.15. The van der Waals surface area contributed by atoms with Crippen molar-refractivity contribution in [2.45, 2.75) is 30.7 Å². The molecule has 142 valence electrons. The number of hydrogen-bond donors (Lipinski definition) is 2. The van der Waals surface area contributed by atoms with Crippen molar-refractivity contribution in [3.63, 3.8) is 0 Å². The zero-order valence-electron chi connectivity index (χ0n) is 15.1. The van der Waals surface area contributed by atoms with Crippen LogP contribution in [0.4, 0.5) is 0 Å². The summed E-state index contributed by atoms with van der Waals surface area (Å²) in [4.78, 5) is 27.1. The van der Waals surface area contributed by atoms with Crippen molar-refractivity contribution in [2.24, 2.45) is 7.05 Å². The van der Waals surface area contributed by atoms with E-state index < -0.39 is 22.0 Å². The molecule has 10 heteroatoms. The Morgan fingerprint density at radius 1 is 1.35 bits per heavy atom. The number of hydrogen-bond acceptors (Lipinski definition) is 5. The molecule has 2 rings (SSSR count). The molecule has 0 radical (unpaired) electrons. The molecule has 0 spiro atoms. The van der Waals surface area contributed by atoms with Gasteiger partial charge >= 0.3 is 5.97 Å². The fourth-order valence-electron chi connectivity index (χ4n) is 2.43. The van der Waals surface area contributed by atoms with Crippen molar-refractivity contribution < 1.29 is 23.1 Å². The normalized spacial score (nSPS) is 13.1. The zero-order valence-corrected chi connectivity index (χ0v) is 15.9.